The Morgan fingerprint density at radius 1 is 0.531 bits per heavy atom. The second-order valence-corrected chi connectivity index (χ2v) is 12.6. The van der Waals surface area contributed by atoms with Gasteiger partial charge in [0.15, 0.2) is 0 Å². The minimum atomic E-state index is -4.37. The van der Waals surface area contributed by atoms with Gasteiger partial charge in [-0.15, -0.1) is 0 Å². The van der Waals surface area contributed by atoms with Gasteiger partial charge in [-0.25, -0.2) is 18.1 Å². The fourth-order valence-corrected chi connectivity index (χ4v) is 2.80. The minimum absolute atomic E-state index is 0.108. The lowest BCUT2D eigenvalue weighted by Gasteiger charge is -2.21. The third-order valence-corrected chi connectivity index (χ3v) is 4.58. The van der Waals surface area contributed by atoms with E-state index in [0.717, 1.165) is 0 Å². The average molecular weight is 483 g/mol. The molecule has 10 nitrogen and oxygen atoms in total. The number of carbonyl (C=O) groups is 3. The highest BCUT2D eigenvalue weighted by Crippen LogP contribution is 2.49. The SMILES string of the molecule is CC(C)(C)CC(=O)OCOP(=O)(OCOC(=O)CC(C)(C)C)OCOC(=O)CC(C)(C)C. The first kappa shape index (κ1) is 30.5. The van der Waals surface area contributed by atoms with Crippen molar-refractivity contribution in [2.24, 2.45) is 16.2 Å². The molecule has 0 radical (unpaired) electrons. The molecular weight excluding hydrogens is 443 g/mol. The van der Waals surface area contributed by atoms with Crippen LogP contribution >= 0.6 is 7.82 Å². The van der Waals surface area contributed by atoms with Crippen molar-refractivity contribution < 1.29 is 46.7 Å². The summed E-state index contributed by atoms with van der Waals surface area (Å²) in [6, 6.07) is 0. The second kappa shape index (κ2) is 12.7. The molecule has 0 fully saturated rings. The van der Waals surface area contributed by atoms with Gasteiger partial charge in [0.1, 0.15) is 0 Å². The maximum atomic E-state index is 12.8. The molecule has 0 aromatic rings. The summed E-state index contributed by atoms with van der Waals surface area (Å²) in [5, 5.41) is 0. The molecule has 0 aliphatic rings. The van der Waals surface area contributed by atoms with Crippen molar-refractivity contribution >= 4 is 25.7 Å². The van der Waals surface area contributed by atoms with Crippen molar-refractivity contribution in [2.75, 3.05) is 20.4 Å². The number of hydrogen-bond donors (Lipinski definition) is 0. The Morgan fingerprint density at radius 3 is 0.938 bits per heavy atom. The van der Waals surface area contributed by atoms with Gasteiger partial charge in [0.25, 0.3) is 0 Å². The first-order chi connectivity index (χ1) is 14.3. The van der Waals surface area contributed by atoms with Crippen molar-refractivity contribution in [3.05, 3.63) is 0 Å². The van der Waals surface area contributed by atoms with E-state index in [0.29, 0.717) is 0 Å². The molecule has 0 amide bonds. The van der Waals surface area contributed by atoms with Crippen molar-refractivity contribution in [3.63, 3.8) is 0 Å². The largest absolute Gasteiger partial charge is 0.483 e. The third kappa shape index (κ3) is 18.1. The average Bonchev–Trinajstić information content (AvgIpc) is 2.49. The Morgan fingerprint density at radius 2 is 0.750 bits per heavy atom. The number of hydrogen-bond acceptors (Lipinski definition) is 10. The molecule has 32 heavy (non-hydrogen) atoms. The van der Waals surface area contributed by atoms with E-state index in [1.807, 2.05) is 62.3 Å². The van der Waals surface area contributed by atoms with Gasteiger partial charge in [0, 0.05) is 0 Å². The molecule has 0 saturated heterocycles. The predicted molar refractivity (Wildman–Crippen MR) is 116 cm³/mol. The highest BCUT2D eigenvalue weighted by atomic mass is 31.2. The standard InChI is InChI=1S/C21H39O10P/c1-19(2,3)10-16(22)26-13-29-32(25,30-14-27-17(23)11-20(4,5)6)31-15-28-18(24)12-21(7,8)9/h10-15H2,1-9H3. The molecule has 0 saturated carbocycles. The van der Waals surface area contributed by atoms with Crippen LogP contribution in [-0.2, 0) is 46.7 Å². The van der Waals surface area contributed by atoms with Crippen LogP contribution in [0.15, 0.2) is 0 Å². The van der Waals surface area contributed by atoms with E-state index in [9.17, 15) is 18.9 Å². The number of ether oxygens (including phenoxy) is 3. The maximum absolute atomic E-state index is 12.8. The van der Waals surface area contributed by atoms with Crippen LogP contribution in [0.1, 0.15) is 81.6 Å². The summed E-state index contributed by atoms with van der Waals surface area (Å²) < 4.78 is 42.3. The molecule has 0 bridgehead atoms. The van der Waals surface area contributed by atoms with Crippen molar-refractivity contribution in [1.82, 2.24) is 0 Å². The molecule has 188 valence electrons. The second-order valence-electron chi connectivity index (χ2n) is 10.9. The lowest BCUT2D eigenvalue weighted by atomic mass is 9.92. The van der Waals surface area contributed by atoms with Gasteiger partial charge in [0.05, 0.1) is 19.3 Å². The predicted octanol–water partition coefficient (Wildman–Crippen LogP) is 4.96. The molecule has 11 heteroatoms. The summed E-state index contributed by atoms with van der Waals surface area (Å²) in [5.41, 5.74) is -0.928. The lowest BCUT2D eigenvalue weighted by Crippen LogP contribution is -2.19. The van der Waals surface area contributed by atoms with Crippen molar-refractivity contribution in [3.8, 4) is 0 Å². The van der Waals surface area contributed by atoms with Gasteiger partial charge < -0.3 is 14.2 Å². The first-order valence-corrected chi connectivity index (χ1v) is 11.8. The van der Waals surface area contributed by atoms with Crippen LogP contribution in [0, 0.1) is 16.2 Å². The van der Waals surface area contributed by atoms with Gasteiger partial charge in [-0.3, -0.25) is 14.4 Å². The van der Waals surface area contributed by atoms with Crippen LogP contribution in [0.4, 0.5) is 0 Å². The highest BCUT2D eigenvalue weighted by Gasteiger charge is 2.30. The zero-order valence-corrected chi connectivity index (χ0v) is 21.7. The Hall–Kier alpha value is -1.48. The van der Waals surface area contributed by atoms with Gasteiger partial charge >= 0.3 is 25.7 Å². The number of phosphoric ester groups is 1. The Kier molecular flexibility index (Phi) is 12.1. The maximum Gasteiger partial charge on any atom is 0.483 e. The van der Waals surface area contributed by atoms with Crippen LogP contribution < -0.4 is 0 Å². The van der Waals surface area contributed by atoms with Crippen LogP contribution in [0.5, 0.6) is 0 Å². The van der Waals surface area contributed by atoms with E-state index in [1.54, 1.807) is 0 Å². The number of rotatable bonds is 12. The van der Waals surface area contributed by atoms with Crippen LogP contribution in [0.3, 0.4) is 0 Å². The van der Waals surface area contributed by atoms with Crippen LogP contribution in [-0.4, -0.2) is 38.3 Å². The zero-order valence-electron chi connectivity index (χ0n) is 20.8. The number of esters is 3. The number of phosphoric acid groups is 1. The van der Waals surface area contributed by atoms with Gasteiger partial charge in [-0.05, 0) is 16.2 Å². The van der Waals surface area contributed by atoms with Crippen molar-refractivity contribution in [2.45, 2.75) is 81.6 Å². The quantitative estimate of drug-likeness (QED) is 0.163. The van der Waals surface area contributed by atoms with E-state index in [-0.39, 0.29) is 35.5 Å². The molecule has 0 aliphatic heterocycles. The topological polar surface area (TPSA) is 124 Å². The summed E-state index contributed by atoms with van der Waals surface area (Å²) in [5.74, 6) is -1.72. The molecule has 0 atom stereocenters. The van der Waals surface area contributed by atoms with E-state index in [4.69, 9.17) is 27.8 Å². The monoisotopic (exact) mass is 482 g/mol. The Bertz CT molecular complexity index is 577. The summed E-state index contributed by atoms with van der Waals surface area (Å²) in [6.07, 6.45) is 0.325. The lowest BCUT2D eigenvalue weighted by molar-refractivity contribution is -0.158. The highest BCUT2D eigenvalue weighted by molar-refractivity contribution is 7.48. The molecule has 0 rings (SSSR count). The van der Waals surface area contributed by atoms with Gasteiger partial charge in [-0.2, -0.15) is 0 Å². The number of carbonyl (C=O) groups excluding carboxylic acids is 3. The van der Waals surface area contributed by atoms with E-state index >= 15 is 0 Å². The Balaban J connectivity index is 4.81. The van der Waals surface area contributed by atoms with E-state index in [2.05, 4.69) is 0 Å². The smallest absolute Gasteiger partial charge is 0.438 e. The van der Waals surface area contributed by atoms with Gasteiger partial charge in [0.2, 0.25) is 20.4 Å². The molecule has 0 aliphatic carbocycles. The summed E-state index contributed by atoms with van der Waals surface area (Å²) in [7, 11) is -4.37. The molecule has 0 N–H and O–H groups in total. The fourth-order valence-electron chi connectivity index (χ4n) is 2.03. The summed E-state index contributed by atoms with van der Waals surface area (Å²) >= 11 is 0. The molecule has 0 unspecified atom stereocenters. The molecule has 0 aromatic carbocycles. The van der Waals surface area contributed by atoms with E-state index in [1.165, 1.54) is 0 Å². The van der Waals surface area contributed by atoms with Crippen LogP contribution in [0.25, 0.3) is 0 Å². The third-order valence-electron chi connectivity index (χ3n) is 3.32. The molecule has 0 aromatic heterocycles. The van der Waals surface area contributed by atoms with E-state index < -0.39 is 46.1 Å². The van der Waals surface area contributed by atoms with Gasteiger partial charge in [-0.1, -0.05) is 62.3 Å². The Labute approximate surface area is 191 Å². The normalized spacial score (nSPS) is 12.9. The van der Waals surface area contributed by atoms with Crippen LogP contribution in [0.2, 0.25) is 0 Å². The summed E-state index contributed by atoms with van der Waals surface area (Å²) in [4.78, 5) is 35.4. The first-order valence-electron chi connectivity index (χ1n) is 10.3. The van der Waals surface area contributed by atoms with Crippen molar-refractivity contribution in [1.29, 1.82) is 0 Å². The molecule has 0 spiro atoms. The zero-order chi connectivity index (χ0) is 25.2. The summed E-state index contributed by atoms with van der Waals surface area (Å²) in [6.45, 7) is 14.5. The minimum Gasteiger partial charge on any atom is -0.438 e. The molecule has 0 heterocycles. The molecular formula is C21H39O10P. The fraction of sp³-hybridized carbons (Fsp3) is 0.857.